The first-order chi connectivity index (χ1) is 12.0. The zero-order valence-electron chi connectivity index (χ0n) is 14.3. The van der Waals surface area contributed by atoms with Crippen molar-refractivity contribution in [2.24, 2.45) is 5.41 Å². The predicted molar refractivity (Wildman–Crippen MR) is 95.9 cm³/mol. The molecule has 140 valence electrons. The second-order valence-corrected chi connectivity index (χ2v) is 7.94. The Morgan fingerprint density at radius 3 is 2.19 bits per heavy atom. The summed E-state index contributed by atoms with van der Waals surface area (Å²) in [4.78, 5) is 2.09. The Kier molecular flexibility index (Phi) is 4.83. The molecule has 0 saturated carbocycles. The van der Waals surface area contributed by atoms with Crippen LogP contribution in [-0.2, 0) is 5.60 Å². The summed E-state index contributed by atoms with van der Waals surface area (Å²) in [5.41, 5.74) is -0.609. The van der Waals surface area contributed by atoms with E-state index in [4.69, 9.17) is 0 Å². The quantitative estimate of drug-likeness (QED) is 0.774. The summed E-state index contributed by atoms with van der Waals surface area (Å²) < 4.78 is 42.0. The summed E-state index contributed by atoms with van der Waals surface area (Å²) in [6.07, 6.45) is -4.75. The van der Waals surface area contributed by atoms with E-state index in [9.17, 15) is 18.3 Å². The minimum absolute atomic E-state index is 0.311. The average Bonchev–Trinajstić information content (AvgIpc) is 2.52. The summed E-state index contributed by atoms with van der Waals surface area (Å²) >= 11 is 3.42. The molecule has 3 nitrogen and oxygen atoms in total. The van der Waals surface area contributed by atoms with Crippen LogP contribution < -0.4 is 4.74 Å². The van der Waals surface area contributed by atoms with E-state index in [0.29, 0.717) is 24.2 Å². The van der Waals surface area contributed by atoms with Crippen molar-refractivity contribution in [2.45, 2.75) is 18.9 Å². The number of aliphatic hydroxyl groups is 1. The lowest BCUT2D eigenvalue weighted by Gasteiger charge is -2.56. The molecule has 0 amide bonds. The van der Waals surface area contributed by atoms with Crippen LogP contribution in [0.5, 0.6) is 5.75 Å². The standard InChI is InChI=1S/C19H19BrF3NO2/c1-17(11-24(2)12-17)18(25,14-4-3-5-15(20)10-14)13-6-8-16(9-7-13)26-19(21,22)23/h3-10,25H,11-12H2,1-2H3/t18-/m0/s1. The molecule has 1 saturated heterocycles. The molecule has 0 spiro atoms. The maximum absolute atomic E-state index is 12.4. The highest BCUT2D eigenvalue weighted by atomic mass is 79.9. The number of halogens is 4. The van der Waals surface area contributed by atoms with Crippen LogP contribution in [0.4, 0.5) is 13.2 Å². The van der Waals surface area contributed by atoms with Crippen LogP contribution in [0.1, 0.15) is 18.1 Å². The molecule has 2 aromatic rings. The Morgan fingerprint density at radius 2 is 1.69 bits per heavy atom. The highest BCUT2D eigenvalue weighted by molar-refractivity contribution is 9.10. The third-order valence-corrected chi connectivity index (χ3v) is 5.35. The van der Waals surface area contributed by atoms with Gasteiger partial charge >= 0.3 is 6.36 Å². The zero-order chi connectivity index (χ0) is 19.2. The van der Waals surface area contributed by atoms with E-state index in [1.807, 2.05) is 38.2 Å². The van der Waals surface area contributed by atoms with E-state index < -0.39 is 17.4 Å². The number of hydrogen-bond acceptors (Lipinski definition) is 3. The van der Waals surface area contributed by atoms with E-state index in [0.717, 1.165) is 4.47 Å². The van der Waals surface area contributed by atoms with Gasteiger partial charge in [-0.2, -0.15) is 0 Å². The Labute approximate surface area is 158 Å². The molecule has 1 N–H and O–H groups in total. The molecule has 0 radical (unpaired) electrons. The first-order valence-electron chi connectivity index (χ1n) is 8.07. The van der Waals surface area contributed by atoms with Crippen LogP contribution in [0.15, 0.2) is 53.0 Å². The zero-order valence-corrected chi connectivity index (χ0v) is 15.9. The molecular weight excluding hydrogens is 411 g/mol. The van der Waals surface area contributed by atoms with E-state index in [2.05, 4.69) is 25.6 Å². The van der Waals surface area contributed by atoms with Crippen molar-refractivity contribution in [3.8, 4) is 5.75 Å². The number of alkyl halides is 3. The predicted octanol–water partition coefficient (Wildman–Crippen LogP) is 4.54. The highest BCUT2D eigenvalue weighted by Gasteiger charge is 2.55. The second-order valence-electron chi connectivity index (χ2n) is 7.03. The molecule has 1 heterocycles. The van der Waals surface area contributed by atoms with Crippen molar-refractivity contribution in [3.63, 3.8) is 0 Å². The Hall–Kier alpha value is -1.57. The third kappa shape index (κ3) is 3.48. The maximum atomic E-state index is 12.4. The van der Waals surface area contributed by atoms with Gasteiger partial charge in [-0.25, -0.2) is 0 Å². The van der Waals surface area contributed by atoms with Crippen LogP contribution in [0, 0.1) is 5.41 Å². The van der Waals surface area contributed by atoms with Crippen LogP contribution >= 0.6 is 15.9 Å². The lowest BCUT2D eigenvalue weighted by molar-refractivity contribution is -0.274. The monoisotopic (exact) mass is 429 g/mol. The fourth-order valence-corrected chi connectivity index (χ4v) is 4.25. The van der Waals surface area contributed by atoms with Gasteiger partial charge in [0.25, 0.3) is 0 Å². The molecular formula is C19H19BrF3NO2. The van der Waals surface area contributed by atoms with Gasteiger partial charge in [-0.3, -0.25) is 0 Å². The van der Waals surface area contributed by atoms with Crippen LogP contribution in [0.3, 0.4) is 0 Å². The molecule has 1 fully saturated rings. The number of rotatable bonds is 4. The number of ether oxygens (including phenoxy) is 1. The molecule has 26 heavy (non-hydrogen) atoms. The Morgan fingerprint density at radius 1 is 1.08 bits per heavy atom. The van der Waals surface area contributed by atoms with Crippen LogP contribution in [0.2, 0.25) is 0 Å². The molecule has 0 unspecified atom stereocenters. The van der Waals surface area contributed by atoms with Gasteiger partial charge in [0.2, 0.25) is 0 Å². The number of likely N-dealkylation sites (tertiary alicyclic amines) is 1. The van der Waals surface area contributed by atoms with Gasteiger partial charge in [-0.05, 0) is 42.4 Å². The van der Waals surface area contributed by atoms with Crippen molar-refractivity contribution in [1.29, 1.82) is 0 Å². The van der Waals surface area contributed by atoms with Gasteiger partial charge in [0.05, 0.1) is 0 Å². The topological polar surface area (TPSA) is 32.7 Å². The molecule has 1 aliphatic rings. The van der Waals surface area contributed by atoms with E-state index in [1.54, 1.807) is 0 Å². The van der Waals surface area contributed by atoms with Crippen molar-refractivity contribution < 1.29 is 23.0 Å². The highest BCUT2D eigenvalue weighted by Crippen LogP contribution is 2.50. The first-order valence-corrected chi connectivity index (χ1v) is 8.86. The van der Waals surface area contributed by atoms with Crippen molar-refractivity contribution in [3.05, 3.63) is 64.1 Å². The number of benzene rings is 2. The largest absolute Gasteiger partial charge is 0.573 e. The summed E-state index contributed by atoms with van der Waals surface area (Å²) in [7, 11) is 1.96. The Bertz CT molecular complexity index is 788. The Balaban J connectivity index is 2.04. The second kappa shape index (κ2) is 6.55. The van der Waals surface area contributed by atoms with Gasteiger partial charge in [-0.15, -0.1) is 13.2 Å². The van der Waals surface area contributed by atoms with Gasteiger partial charge in [0.15, 0.2) is 0 Å². The SMILES string of the molecule is CN1CC(C)([C@](O)(c2ccc(OC(F)(F)F)cc2)c2cccc(Br)c2)C1. The third-order valence-electron chi connectivity index (χ3n) is 4.86. The minimum Gasteiger partial charge on any atom is -0.406 e. The van der Waals surface area contributed by atoms with Crippen molar-refractivity contribution >= 4 is 15.9 Å². The van der Waals surface area contributed by atoms with E-state index in [-0.39, 0.29) is 5.75 Å². The van der Waals surface area contributed by atoms with Crippen molar-refractivity contribution in [1.82, 2.24) is 4.90 Å². The molecule has 3 rings (SSSR count). The fraction of sp³-hybridized carbons (Fsp3) is 0.368. The normalized spacial score (nSPS) is 19.5. The average molecular weight is 430 g/mol. The van der Waals surface area contributed by atoms with Gasteiger partial charge in [-0.1, -0.05) is 47.1 Å². The summed E-state index contributed by atoms with van der Waals surface area (Å²) in [5, 5.41) is 11.8. The minimum atomic E-state index is -4.75. The lowest BCUT2D eigenvalue weighted by atomic mass is 9.62. The smallest absolute Gasteiger partial charge is 0.406 e. The molecule has 2 aromatic carbocycles. The molecule has 1 atom stereocenters. The maximum Gasteiger partial charge on any atom is 0.573 e. The molecule has 0 aromatic heterocycles. The van der Waals surface area contributed by atoms with Crippen LogP contribution in [0.25, 0.3) is 0 Å². The number of nitrogens with zero attached hydrogens (tertiary/aromatic N) is 1. The molecule has 1 aliphatic heterocycles. The molecule has 0 aliphatic carbocycles. The van der Waals surface area contributed by atoms with Crippen LogP contribution in [-0.4, -0.2) is 36.5 Å². The fourth-order valence-electron chi connectivity index (χ4n) is 3.85. The summed E-state index contributed by atoms with van der Waals surface area (Å²) in [6.45, 7) is 3.31. The van der Waals surface area contributed by atoms with E-state index in [1.165, 1.54) is 24.3 Å². The van der Waals surface area contributed by atoms with Gasteiger partial charge < -0.3 is 14.7 Å². The molecule has 0 bridgehead atoms. The summed E-state index contributed by atoms with van der Waals surface area (Å²) in [6, 6.07) is 12.8. The number of hydrogen-bond donors (Lipinski definition) is 1. The first kappa shape index (κ1) is 19.2. The van der Waals surface area contributed by atoms with E-state index >= 15 is 0 Å². The lowest BCUT2D eigenvalue weighted by Crippen LogP contribution is -2.63. The van der Waals surface area contributed by atoms with Gasteiger partial charge in [0, 0.05) is 23.0 Å². The van der Waals surface area contributed by atoms with Gasteiger partial charge in [0.1, 0.15) is 11.4 Å². The molecule has 7 heteroatoms. The van der Waals surface area contributed by atoms with Crippen molar-refractivity contribution in [2.75, 3.05) is 20.1 Å². The summed E-state index contributed by atoms with van der Waals surface area (Å²) in [5.74, 6) is -0.311.